The lowest BCUT2D eigenvalue weighted by Crippen LogP contribution is -2.50. The van der Waals surface area contributed by atoms with E-state index in [2.05, 4.69) is 38.1 Å². The number of halogens is 1. The van der Waals surface area contributed by atoms with Gasteiger partial charge >= 0.3 is 5.97 Å². The molecule has 0 radical (unpaired) electrons. The fourth-order valence-electron chi connectivity index (χ4n) is 7.41. The lowest BCUT2D eigenvalue weighted by atomic mass is 9.52. The molecular formula is C36H39FO4. The number of carbonyl (C=O) groups is 1. The van der Waals surface area contributed by atoms with Gasteiger partial charge in [0.15, 0.2) is 0 Å². The average Bonchev–Trinajstić information content (AvgIpc) is 3.33. The molecule has 0 aliphatic heterocycles. The lowest BCUT2D eigenvalue weighted by Gasteiger charge is -2.51. The van der Waals surface area contributed by atoms with Crippen molar-refractivity contribution in [3.05, 3.63) is 88.7 Å². The van der Waals surface area contributed by atoms with Gasteiger partial charge in [-0.15, -0.1) is 0 Å². The molecule has 0 amide bonds. The number of esters is 1. The molecule has 3 aliphatic carbocycles. The normalized spacial score (nSPS) is 22.5. The minimum atomic E-state index is -0.267. The number of ether oxygens (including phenoxy) is 3. The predicted molar refractivity (Wildman–Crippen MR) is 160 cm³/mol. The summed E-state index contributed by atoms with van der Waals surface area (Å²) in [6, 6.07) is 17.5. The van der Waals surface area contributed by atoms with Gasteiger partial charge in [-0.1, -0.05) is 38.1 Å². The van der Waals surface area contributed by atoms with Gasteiger partial charge in [-0.2, -0.15) is 0 Å². The Balaban J connectivity index is 1.31. The topological polar surface area (TPSA) is 44.8 Å². The Bertz CT molecular complexity index is 1520. The van der Waals surface area contributed by atoms with Crippen LogP contribution in [0.5, 0.6) is 11.5 Å². The number of rotatable bonds is 7. The largest absolute Gasteiger partial charge is 0.497 e. The average molecular weight is 555 g/mol. The number of fused-ring (bicyclic) bond motifs is 2. The van der Waals surface area contributed by atoms with E-state index < -0.39 is 0 Å². The molecule has 3 aromatic rings. The molecular weight excluding hydrogens is 515 g/mol. The first kappa shape index (κ1) is 27.6. The highest BCUT2D eigenvalue weighted by Crippen LogP contribution is 2.56. The smallest absolute Gasteiger partial charge is 0.309 e. The standard InChI is InChI=1S/C36H39FO4/c1-35(2)16-6-8-30(35)28-19-23(9-13-27(28)29-20-25(39-3)12-14-33(29)37)22-41-26-11-10-24-7-5-17-36(32(24)21-26)18-15-31(36)34(38)40-4/h8-14,19-21,31H,5-7,15-18,22H2,1-4H3/t31-,36+/m1/s1. The summed E-state index contributed by atoms with van der Waals surface area (Å²) in [6.45, 7) is 4.91. The third-order valence-corrected chi connectivity index (χ3v) is 9.81. The number of methoxy groups -OCH3 is 2. The van der Waals surface area contributed by atoms with Crippen molar-refractivity contribution in [2.45, 2.75) is 70.8 Å². The molecule has 0 N–H and O–H groups in total. The molecule has 214 valence electrons. The van der Waals surface area contributed by atoms with Crippen LogP contribution in [0.2, 0.25) is 0 Å². The highest BCUT2D eigenvalue weighted by molar-refractivity contribution is 5.85. The van der Waals surface area contributed by atoms with Gasteiger partial charge < -0.3 is 14.2 Å². The van der Waals surface area contributed by atoms with Gasteiger partial charge in [0.05, 0.1) is 20.1 Å². The second kappa shape index (κ2) is 10.7. The second-order valence-electron chi connectivity index (χ2n) is 12.5. The Labute approximate surface area is 242 Å². The molecule has 6 rings (SSSR count). The van der Waals surface area contributed by atoms with Crippen LogP contribution in [0.3, 0.4) is 0 Å². The Morgan fingerprint density at radius 1 is 0.927 bits per heavy atom. The quantitative estimate of drug-likeness (QED) is 0.275. The molecule has 0 heterocycles. The van der Waals surface area contributed by atoms with E-state index in [-0.39, 0.29) is 28.5 Å². The van der Waals surface area contributed by atoms with Gasteiger partial charge in [0.1, 0.15) is 23.9 Å². The Hall–Kier alpha value is -3.60. The molecule has 3 aromatic carbocycles. The van der Waals surface area contributed by atoms with Crippen LogP contribution in [-0.2, 0) is 28.0 Å². The lowest BCUT2D eigenvalue weighted by molar-refractivity contribution is -0.153. The van der Waals surface area contributed by atoms with Gasteiger partial charge in [0.25, 0.3) is 0 Å². The number of carbonyl (C=O) groups excluding carboxylic acids is 1. The number of hydrogen-bond acceptors (Lipinski definition) is 4. The van der Waals surface area contributed by atoms with Crippen LogP contribution in [0.1, 0.15) is 74.6 Å². The second-order valence-corrected chi connectivity index (χ2v) is 12.5. The van der Waals surface area contributed by atoms with E-state index in [1.807, 2.05) is 18.2 Å². The van der Waals surface area contributed by atoms with Crippen LogP contribution in [0.4, 0.5) is 4.39 Å². The van der Waals surface area contributed by atoms with E-state index in [0.717, 1.165) is 67.4 Å². The summed E-state index contributed by atoms with van der Waals surface area (Å²) in [7, 11) is 3.09. The van der Waals surface area contributed by atoms with Crippen LogP contribution in [0.25, 0.3) is 16.7 Å². The van der Waals surface area contributed by atoms with Gasteiger partial charge in [-0.25, -0.2) is 4.39 Å². The predicted octanol–water partition coefficient (Wildman–Crippen LogP) is 8.44. The first-order valence-corrected chi connectivity index (χ1v) is 14.8. The maximum atomic E-state index is 15.1. The van der Waals surface area contributed by atoms with E-state index >= 15 is 4.39 Å². The molecule has 1 fully saturated rings. The Morgan fingerprint density at radius 3 is 2.46 bits per heavy atom. The van der Waals surface area contributed by atoms with Gasteiger partial charge in [0.2, 0.25) is 0 Å². The zero-order valence-electron chi connectivity index (χ0n) is 24.5. The zero-order chi connectivity index (χ0) is 28.8. The number of aryl methyl sites for hydroxylation is 1. The van der Waals surface area contributed by atoms with E-state index in [4.69, 9.17) is 14.2 Å². The third kappa shape index (κ3) is 4.83. The summed E-state index contributed by atoms with van der Waals surface area (Å²) in [5, 5.41) is 0. The Morgan fingerprint density at radius 2 is 1.76 bits per heavy atom. The van der Waals surface area contributed by atoms with Crippen LogP contribution in [0, 0.1) is 17.2 Å². The van der Waals surface area contributed by atoms with Gasteiger partial charge in [0, 0.05) is 11.0 Å². The highest BCUT2D eigenvalue weighted by Gasteiger charge is 2.53. The molecule has 0 bridgehead atoms. The van der Waals surface area contributed by atoms with Crippen molar-refractivity contribution >= 4 is 11.5 Å². The zero-order valence-corrected chi connectivity index (χ0v) is 24.5. The van der Waals surface area contributed by atoms with E-state index in [1.165, 1.54) is 29.9 Å². The first-order valence-electron chi connectivity index (χ1n) is 14.8. The van der Waals surface area contributed by atoms with E-state index in [0.29, 0.717) is 17.9 Å². The van der Waals surface area contributed by atoms with Crippen molar-refractivity contribution in [1.29, 1.82) is 0 Å². The minimum absolute atomic E-state index is 0.00463. The molecule has 1 spiro atoms. The Kier molecular flexibility index (Phi) is 7.17. The molecule has 0 saturated heterocycles. The molecule has 3 aliphatic rings. The summed E-state index contributed by atoms with van der Waals surface area (Å²) >= 11 is 0. The highest BCUT2D eigenvalue weighted by atomic mass is 19.1. The summed E-state index contributed by atoms with van der Waals surface area (Å²) < 4.78 is 32.1. The van der Waals surface area contributed by atoms with Crippen LogP contribution < -0.4 is 9.47 Å². The summed E-state index contributed by atoms with van der Waals surface area (Å²) in [5.74, 6) is 1.00. The maximum absolute atomic E-state index is 15.1. The monoisotopic (exact) mass is 554 g/mol. The van der Waals surface area contributed by atoms with Gasteiger partial charge in [-0.3, -0.25) is 4.79 Å². The van der Waals surface area contributed by atoms with Crippen molar-refractivity contribution in [3.63, 3.8) is 0 Å². The van der Waals surface area contributed by atoms with E-state index in [1.54, 1.807) is 19.2 Å². The van der Waals surface area contributed by atoms with E-state index in [9.17, 15) is 4.79 Å². The molecule has 0 aromatic heterocycles. The van der Waals surface area contributed by atoms with Gasteiger partial charge in [-0.05, 0) is 120 Å². The number of hydrogen-bond donors (Lipinski definition) is 0. The SMILES string of the molecule is COC(=O)[C@H]1CC[C@@]12CCCc1ccc(OCc3ccc(-c4cc(OC)ccc4F)c(C4=CCCC4(C)C)c3)cc12. The molecule has 41 heavy (non-hydrogen) atoms. The van der Waals surface area contributed by atoms with Crippen molar-refractivity contribution in [1.82, 2.24) is 0 Å². The molecule has 2 atom stereocenters. The first-order chi connectivity index (χ1) is 19.8. The molecule has 1 saturated carbocycles. The van der Waals surface area contributed by atoms with Crippen molar-refractivity contribution in [2.75, 3.05) is 14.2 Å². The van der Waals surface area contributed by atoms with Crippen LogP contribution >= 0.6 is 0 Å². The summed E-state index contributed by atoms with van der Waals surface area (Å²) in [5.41, 5.74) is 7.15. The van der Waals surface area contributed by atoms with Crippen molar-refractivity contribution < 1.29 is 23.4 Å². The number of benzene rings is 3. The fourth-order valence-corrected chi connectivity index (χ4v) is 7.41. The molecule has 5 heteroatoms. The van der Waals surface area contributed by atoms with Crippen molar-refractivity contribution in [2.24, 2.45) is 11.3 Å². The third-order valence-electron chi connectivity index (χ3n) is 9.81. The molecule has 0 unspecified atom stereocenters. The van der Waals surface area contributed by atoms with Crippen LogP contribution in [0.15, 0.2) is 60.7 Å². The number of allylic oxidation sites excluding steroid dienone is 2. The summed E-state index contributed by atoms with van der Waals surface area (Å²) in [4.78, 5) is 12.6. The van der Waals surface area contributed by atoms with Crippen molar-refractivity contribution in [3.8, 4) is 22.6 Å². The minimum Gasteiger partial charge on any atom is -0.497 e. The molecule has 4 nitrogen and oxygen atoms in total. The summed E-state index contributed by atoms with van der Waals surface area (Å²) in [6.07, 6.45) is 9.39. The van der Waals surface area contributed by atoms with Crippen LogP contribution in [-0.4, -0.2) is 20.2 Å². The fraction of sp³-hybridized carbons (Fsp3) is 0.417. The maximum Gasteiger partial charge on any atom is 0.309 e.